The van der Waals surface area contributed by atoms with Gasteiger partial charge in [0.05, 0.1) is 13.2 Å². The minimum Gasteiger partial charge on any atom is -0.496 e. The maximum Gasteiger partial charge on any atom is 0.328 e. The van der Waals surface area contributed by atoms with Crippen LogP contribution in [0, 0.1) is 5.92 Å². The van der Waals surface area contributed by atoms with Crippen molar-refractivity contribution in [3.8, 4) is 11.5 Å². The Balaban J connectivity index is 0.000000414. The predicted molar refractivity (Wildman–Crippen MR) is 132 cm³/mol. The van der Waals surface area contributed by atoms with E-state index in [9.17, 15) is 9.59 Å². The SMILES string of the molecule is COc1ccccc1SC[C@H](C)CN[C@@H]1COc2ccccc2SC1.O=C(O)/C=C\C(=O)O. The summed E-state index contributed by atoms with van der Waals surface area (Å²) in [6.45, 7) is 4.01. The summed E-state index contributed by atoms with van der Waals surface area (Å²) in [5.41, 5.74) is 0. The fourth-order valence-corrected chi connectivity index (χ4v) is 4.86. The Morgan fingerprint density at radius 3 is 2.55 bits per heavy atom. The first kappa shape index (κ1) is 26.6. The van der Waals surface area contributed by atoms with Crippen LogP contribution in [0.3, 0.4) is 0 Å². The second-order valence-corrected chi connectivity index (χ2v) is 9.37. The number of methoxy groups -OCH3 is 1. The number of carboxylic acid groups (broad SMARTS) is 2. The van der Waals surface area contributed by atoms with Crippen molar-refractivity contribution in [3.05, 3.63) is 60.7 Å². The highest BCUT2D eigenvalue weighted by Gasteiger charge is 2.18. The number of fused-ring (bicyclic) bond motifs is 1. The number of benzene rings is 2. The van der Waals surface area contributed by atoms with Crippen molar-refractivity contribution < 1.29 is 29.3 Å². The standard InChI is InChI=1S/C20H25NO2S2.C4H4O4/c1-15(13-24-19-9-5-3-7-17(19)22-2)11-21-16-12-23-18-8-4-6-10-20(18)25-14-16;5-3(6)1-2-4(7)8/h3-10,15-16,21H,11-14H2,1-2H3;1-2H,(H,5,6)(H,7,8)/b;2-1-/t15-,16-;/m1./s1. The number of hydrogen-bond donors (Lipinski definition) is 3. The zero-order valence-corrected chi connectivity index (χ0v) is 20.2. The first-order valence-electron chi connectivity index (χ1n) is 10.4. The molecule has 1 heterocycles. The highest BCUT2D eigenvalue weighted by atomic mass is 32.2. The summed E-state index contributed by atoms with van der Waals surface area (Å²) in [5, 5.41) is 19.3. The van der Waals surface area contributed by atoms with Crippen LogP contribution < -0.4 is 14.8 Å². The van der Waals surface area contributed by atoms with Crippen molar-refractivity contribution in [1.29, 1.82) is 0 Å². The maximum atomic E-state index is 9.55. The van der Waals surface area contributed by atoms with E-state index in [1.807, 2.05) is 41.7 Å². The van der Waals surface area contributed by atoms with E-state index in [-0.39, 0.29) is 0 Å². The maximum absolute atomic E-state index is 9.55. The lowest BCUT2D eigenvalue weighted by Gasteiger charge is -2.19. The van der Waals surface area contributed by atoms with E-state index in [0.717, 1.165) is 36.2 Å². The topological polar surface area (TPSA) is 105 Å². The summed E-state index contributed by atoms with van der Waals surface area (Å²) in [6, 6.07) is 16.9. The molecular weight excluding hydrogens is 462 g/mol. The van der Waals surface area contributed by atoms with Crippen LogP contribution in [0.1, 0.15) is 6.92 Å². The molecule has 0 aromatic heterocycles. The van der Waals surface area contributed by atoms with Crippen LogP contribution in [0.25, 0.3) is 0 Å². The zero-order chi connectivity index (χ0) is 24.1. The van der Waals surface area contributed by atoms with E-state index < -0.39 is 11.9 Å². The Bertz CT molecular complexity index is 894. The number of ether oxygens (including phenoxy) is 2. The van der Waals surface area contributed by atoms with Crippen molar-refractivity contribution in [2.45, 2.75) is 22.8 Å². The molecule has 0 spiro atoms. The molecule has 2 aromatic rings. The molecule has 0 aliphatic carbocycles. The van der Waals surface area contributed by atoms with Gasteiger partial charge in [-0.25, -0.2) is 9.59 Å². The molecule has 3 N–H and O–H groups in total. The van der Waals surface area contributed by atoms with Crippen LogP contribution in [-0.4, -0.2) is 60.0 Å². The van der Waals surface area contributed by atoms with Crippen LogP contribution in [0.4, 0.5) is 0 Å². The molecular formula is C24H29NO6S2. The average molecular weight is 492 g/mol. The van der Waals surface area contributed by atoms with Crippen molar-refractivity contribution >= 4 is 35.5 Å². The summed E-state index contributed by atoms with van der Waals surface area (Å²) >= 11 is 3.73. The van der Waals surface area contributed by atoms with E-state index >= 15 is 0 Å². The Kier molecular flexibility index (Phi) is 11.7. The number of carboxylic acids is 2. The van der Waals surface area contributed by atoms with Gasteiger partial charge in [-0.15, -0.1) is 23.5 Å². The van der Waals surface area contributed by atoms with E-state index in [0.29, 0.717) is 24.1 Å². The number of nitrogens with one attached hydrogen (secondary N) is 1. The van der Waals surface area contributed by atoms with Gasteiger partial charge in [-0.05, 0) is 36.7 Å². The molecule has 33 heavy (non-hydrogen) atoms. The smallest absolute Gasteiger partial charge is 0.328 e. The van der Waals surface area contributed by atoms with Gasteiger partial charge in [-0.3, -0.25) is 0 Å². The third kappa shape index (κ3) is 10.2. The van der Waals surface area contributed by atoms with Gasteiger partial charge in [0, 0.05) is 33.4 Å². The molecule has 1 aliphatic heterocycles. The van der Waals surface area contributed by atoms with Gasteiger partial charge in [-0.2, -0.15) is 0 Å². The van der Waals surface area contributed by atoms with Gasteiger partial charge in [0.15, 0.2) is 0 Å². The Morgan fingerprint density at radius 2 is 1.85 bits per heavy atom. The fourth-order valence-electron chi connectivity index (χ4n) is 2.77. The van der Waals surface area contributed by atoms with E-state index in [1.54, 1.807) is 7.11 Å². The second-order valence-electron chi connectivity index (χ2n) is 7.25. The second kappa shape index (κ2) is 14.5. The zero-order valence-electron chi connectivity index (χ0n) is 18.6. The summed E-state index contributed by atoms with van der Waals surface area (Å²) < 4.78 is 11.4. The summed E-state index contributed by atoms with van der Waals surface area (Å²) in [6.07, 6.45) is 1.12. The molecule has 7 nitrogen and oxygen atoms in total. The minimum atomic E-state index is -1.26. The quantitative estimate of drug-likeness (QED) is 0.350. The van der Waals surface area contributed by atoms with Crippen molar-refractivity contribution in [3.63, 3.8) is 0 Å². The van der Waals surface area contributed by atoms with E-state index in [2.05, 4.69) is 42.6 Å². The molecule has 0 unspecified atom stereocenters. The lowest BCUT2D eigenvalue weighted by Crippen LogP contribution is -2.39. The number of rotatable bonds is 9. The van der Waals surface area contributed by atoms with Crippen LogP contribution in [0.2, 0.25) is 0 Å². The predicted octanol–water partition coefficient (Wildman–Crippen LogP) is 4.28. The van der Waals surface area contributed by atoms with Gasteiger partial charge in [-0.1, -0.05) is 31.2 Å². The van der Waals surface area contributed by atoms with Gasteiger partial charge in [0.2, 0.25) is 0 Å². The fraction of sp³-hybridized carbons (Fsp3) is 0.333. The molecule has 1 aliphatic rings. The van der Waals surface area contributed by atoms with Crippen LogP contribution in [0.15, 0.2) is 70.5 Å². The lowest BCUT2D eigenvalue weighted by molar-refractivity contribution is -0.134. The highest BCUT2D eigenvalue weighted by Crippen LogP contribution is 2.32. The Hall–Kier alpha value is -2.62. The summed E-state index contributed by atoms with van der Waals surface area (Å²) in [4.78, 5) is 21.6. The molecule has 0 fully saturated rings. The van der Waals surface area contributed by atoms with Crippen LogP contribution in [0.5, 0.6) is 11.5 Å². The molecule has 2 atom stereocenters. The van der Waals surface area contributed by atoms with Gasteiger partial charge >= 0.3 is 11.9 Å². The molecule has 0 saturated carbocycles. The molecule has 0 radical (unpaired) electrons. The average Bonchev–Trinajstić information content (AvgIpc) is 3.03. The highest BCUT2D eigenvalue weighted by molar-refractivity contribution is 7.99. The van der Waals surface area contributed by atoms with Crippen LogP contribution in [-0.2, 0) is 9.59 Å². The van der Waals surface area contributed by atoms with Crippen LogP contribution >= 0.6 is 23.5 Å². The first-order valence-corrected chi connectivity index (χ1v) is 12.3. The molecule has 2 aromatic carbocycles. The molecule has 9 heteroatoms. The summed E-state index contributed by atoms with van der Waals surface area (Å²) in [5.74, 6) is 2.14. The minimum absolute atomic E-state index is 0.385. The van der Waals surface area contributed by atoms with Gasteiger partial charge in [0.1, 0.15) is 18.1 Å². The number of hydrogen-bond acceptors (Lipinski definition) is 7. The van der Waals surface area contributed by atoms with Gasteiger partial charge in [0.25, 0.3) is 0 Å². The molecule has 0 amide bonds. The monoisotopic (exact) mass is 491 g/mol. The number of carbonyl (C=O) groups is 2. The van der Waals surface area contributed by atoms with Gasteiger partial charge < -0.3 is 25.0 Å². The van der Waals surface area contributed by atoms with E-state index in [1.165, 1.54) is 9.79 Å². The largest absolute Gasteiger partial charge is 0.496 e. The Morgan fingerprint density at radius 1 is 1.18 bits per heavy atom. The molecule has 3 rings (SSSR count). The number of thioether (sulfide) groups is 2. The lowest BCUT2D eigenvalue weighted by atomic mass is 10.2. The third-order valence-electron chi connectivity index (χ3n) is 4.45. The first-order chi connectivity index (χ1) is 15.9. The number of aliphatic carboxylic acids is 2. The number of para-hydroxylation sites is 2. The molecule has 178 valence electrons. The molecule has 0 saturated heterocycles. The molecule has 0 bridgehead atoms. The van der Waals surface area contributed by atoms with Crippen molar-refractivity contribution in [2.24, 2.45) is 5.92 Å². The van der Waals surface area contributed by atoms with E-state index in [4.69, 9.17) is 19.7 Å². The van der Waals surface area contributed by atoms with Crippen molar-refractivity contribution in [2.75, 3.05) is 31.8 Å². The normalized spacial score (nSPS) is 15.9. The van der Waals surface area contributed by atoms with Crippen molar-refractivity contribution in [1.82, 2.24) is 5.32 Å². The third-order valence-corrected chi connectivity index (χ3v) is 7.05. The Labute approximate surface area is 202 Å². The summed E-state index contributed by atoms with van der Waals surface area (Å²) in [7, 11) is 1.73.